The van der Waals surface area contributed by atoms with Crippen molar-refractivity contribution in [1.82, 2.24) is 4.31 Å². The summed E-state index contributed by atoms with van der Waals surface area (Å²) in [7, 11) is -2.70. The van der Waals surface area contributed by atoms with Gasteiger partial charge in [-0.15, -0.1) is 0 Å². The maximum Gasteiger partial charge on any atom is 0.244 e. The number of primary amides is 1. The molecule has 0 saturated carbocycles. The van der Waals surface area contributed by atoms with Crippen molar-refractivity contribution in [3.05, 3.63) is 47.0 Å². The lowest BCUT2D eigenvalue weighted by molar-refractivity contribution is -0.170. The summed E-state index contributed by atoms with van der Waals surface area (Å²) in [5.74, 6) is 0.790. The number of hydrogen-bond acceptors (Lipinski definition) is 8. The van der Waals surface area contributed by atoms with Crippen molar-refractivity contribution in [1.29, 1.82) is 0 Å². The van der Waals surface area contributed by atoms with E-state index in [0.717, 1.165) is 17.1 Å². The Bertz CT molecular complexity index is 1190. The van der Waals surface area contributed by atoms with Crippen LogP contribution in [0.25, 0.3) is 0 Å². The topological polar surface area (TPSA) is 127 Å². The predicted molar refractivity (Wildman–Crippen MR) is 130 cm³/mol. The fourth-order valence-corrected chi connectivity index (χ4v) is 6.47. The number of benzene rings is 2. The van der Waals surface area contributed by atoms with Gasteiger partial charge in [0.2, 0.25) is 22.7 Å². The van der Waals surface area contributed by atoms with Crippen LogP contribution in [0.4, 0.5) is 0 Å². The molecule has 0 aliphatic carbocycles. The molecule has 2 aromatic rings. The van der Waals surface area contributed by atoms with Crippen LogP contribution in [0.15, 0.2) is 35.2 Å². The van der Waals surface area contributed by atoms with E-state index in [-0.39, 0.29) is 24.8 Å². The minimum absolute atomic E-state index is 0.0872. The number of ether oxygens (including phenoxy) is 5. The van der Waals surface area contributed by atoms with Crippen LogP contribution < -0.4 is 19.9 Å². The maximum absolute atomic E-state index is 14.1. The lowest BCUT2D eigenvalue weighted by atomic mass is 10.1. The van der Waals surface area contributed by atoms with Crippen molar-refractivity contribution in [2.45, 2.75) is 56.9 Å². The van der Waals surface area contributed by atoms with Gasteiger partial charge in [0.05, 0.1) is 18.6 Å². The molecule has 2 aromatic carbocycles. The number of fused-ring (bicyclic) bond motifs is 1. The number of nitrogens with zero attached hydrogens (tertiary/aromatic N) is 1. The fraction of sp³-hybridized carbons (Fsp3) is 0.480. The normalized spacial score (nSPS) is 18.3. The Morgan fingerprint density at radius 3 is 2.50 bits per heavy atom. The van der Waals surface area contributed by atoms with Crippen LogP contribution in [0.5, 0.6) is 17.2 Å². The molecule has 11 heteroatoms. The third kappa shape index (κ3) is 5.59. The molecule has 0 spiro atoms. The number of hydrogen-bond donors (Lipinski definition) is 1. The van der Waals surface area contributed by atoms with Gasteiger partial charge in [0.1, 0.15) is 11.8 Å². The molecule has 0 aromatic heterocycles. The molecule has 36 heavy (non-hydrogen) atoms. The van der Waals surface area contributed by atoms with Crippen molar-refractivity contribution >= 4 is 15.9 Å². The Kier molecular flexibility index (Phi) is 8.04. The van der Waals surface area contributed by atoms with E-state index in [4.69, 9.17) is 29.4 Å². The average Bonchev–Trinajstić information content (AvgIpc) is 3.31. The van der Waals surface area contributed by atoms with Gasteiger partial charge < -0.3 is 29.4 Å². The zero-order chi connectivity index (χ0) is 25.9. The molecule has 2 unspecified atom stereocenters. The number of sulfonamides is 1. The van der Waals surface area contributed by atoms with E-state index in [1.165, 1.54) is 7.11 Å². The average molecular weight is 521 g/mol. The Balaban J connectivity index is 1.72. The smallest absolute Gasteiger partial charge is 0.244 e. The van der Waals surface area contributed by atoms with Gasteiger partial charge in [0.25, 0.3) is 0 Å². The summed E-state index contributed by atoms with van der Waals surface area (Å²) in [6.07, 6.45) is 2.01. The molecule has 1 fully saturated rings. The summed E-state index contributed by atoms with van der Waals surface area (Å²) in [5.41, 5.74) is 7.34. The van der Waals surface area contributed by atoms with Crippen molar-refractivity contribution in [2.24, 2.45) is 5.73 Å². The standard InChI is InChI=1S/C25H32N2O8S/c1-16-10-19(31-3)11-17(2)24(16)36(29,30)27(13-18-7-8-21-22(12-18)35-15-34-21)20(25(26)28)14-33-23-6-4-5-9-32-23/h7-8,10-12,20,23H,4-6,9,13-15H2,1-3H3,(H2,26,28). The highest BCUT2D eigenvalue weighted by atomic mass is 32.2. The first-order chi connectivity index (χ1) is 17.2. The highest BCUT2D eigenvalue weighted by Crippen LogP contribution is 2.35. The van der Waals surface area contributed by atoms with Crippen molar-refractivity contribution in [3.63, 3.8) is 0 Å². The number of aryl methyl sites for hydroxylation is 2. The molecule has 0 bridgehead atoms. The van der Waals surface area contributed by atoms with Crippen molar-refractivity contribution < 1.29 is 36.9 Å². The summed E-state index contributed by atoms with van der Waals surface area (Å²) >= 11 is 0. The van der Waals surface area contributed by atoms with E-state index in [0.29, 0.717) is 47.0 Å². The second-order valence-electron chi connectivity index (χ2n) is 8.88. The molecule has 10 nitrogen and oxygen atoms in total. The fourth-order valence-electron chi connectivity index (χ4n) is 4.48. The molecule has 2 heterocycles. The summed E-state index contributed by atoms with van der Waals surface area (Å²) in [6, 6.07) is 7.15. The first-order valence-electron chi connectivity index (χ1n) is 11.8. The van der Waals surface area contributed by atoms with E-state index in [9.17, 15) is 13.2 Å². The van der Waals surface area contributed by atoms with Gasteiger partial charge in [-0.1, -0.05) is 6.07 Å². The molecule has 2 aliphatic heterocycles. The largest absolute Gasteiger partial charge is 0.497 e. The van der Waals surface area contributed by atoms with Crippen molar-refractivity contribution in [2.75, 3.05) is 27.1 Å². The van der Waals surface area contributed by atoms with Crippen LogP contribution in [0.1, 0.15) is 36.0 Å². The molecule has 2 atom stereocenters. The molecule has 1 saturated heterocycles. The SMILES string of the molecule is COc1cc(C)c(S(=O)(=O)N(Cc2ccc3c(c2)OCO3)C(COC2CCCCO2)C(N)=O)c(C)c1. The predicted octanol–water partition coefficient (Wildman–Crippen LogP) is 2.63. The number of carbonyl (C=O) groups excluding carboxylic acids is 1. The van der Waals surface area contributed by atoms with E-state index in [1.54, 1.807) is 44.2 Å². The zero-order valence-corrected chi connectivity index (χ0v) is 21.5. The minimum Gasteiger partial charge on any atom is -0.497 e. The quantitative estimate of drug-likeness (QED) is 0.507. The number of carbonyl (C=O) groups is 1. The first-order valence-corrected chi connectivity index (χ1v) is 13.2. The van der Waals surface area contributed by atoms with Crippen LogP contribution >= 0.6 is 0 Å². The second-order valence-corrected chi connectivity index (χ2v) is 10.7. The molecular formula is C25H32N2O8S. The zero-order valence-electron chi connectivity index (χ0n) is 20.7. The number of methoxy groups -OCH3 is 1. The van der Waals surface area contributed by atoms with Gasteiger partial charge in [-0.2, -0.15) is 4.31 Å². The van der Waals surface area contributed by atoms with Gasteiger partial charge >= 0.3 is 0 Å². The third-order valence-corrected chi connectivity index (χ3v) is 8.43. The van der Waals surface area contributed by atoms with E-state index < -0.39 is 28.3 Å². The number of rotatable bonds is 10. The Labute approximate surface area is 211 Å². The van der Waals surface area contributed by atoms with E-state index in [2.05, 4.69) is 0 Å². The molecule has 2 aliphatic rings. The Morgan fingerprint density at radius 1 is 1.14 bits per heavy atom. The van der Waals surface area contributed by atoms with E-state index >= 15 is 0 Å². The number of amides is 1. The lowest BCUT2D eigenvalue weighted by Gasteiger charge is -2.32. The molecular weight excluding hydrogens is 488 g/mol. The molecule has 2 N–H and O–H groups in total. The highest BCUT2D eigenvalue weighted by Gasteiger charge is 2.38. The van der Waals surface area contributed by atoms with Gasteiger partial charge in [-0.25, -0.2) is 8.42 Å². The first kappa shape index (κ1) is 26.2. The van der Waals surface area contributed by atoms with Gasteiger partial charge in [0, 0.05) is 13.2 Å². The molecule has 1 amide bonds. The van der Waals surface area contributed by atoms with Gasteiger partial charge in [0.15, 0.2) is 17.8 Å². The Morgan fingerprint density at radius 2 is 1.86 bits per heavy atom. The lowest BCUT2D eigenvalue weighted by Crippen LogP contribution is -2.50. The maximum atomic E-state index is 14.1. The van der Waals surface area contributed by atoms with Crippen LogP contribution in [0, 0.1) is 13.8 Å². The summed E-state index contributed by atoms with van der Waals surface area (Å²) in [5, 5.41) is 0. The molecule has 0 radical (unpaired) electrons. The van der Waals surface area contributed by atoms with Gasteiger partial charge in [-0.05, 0) is 74.1 Å². The summed E-state index contributed by atoms with van der Waals surface area (Å²) in [4.78, 5) is 12.8. The minimum atomic E-state index is -4.21. The third-order valence-electron chi connectivity index (χ3n) is 6.27. The monoisotopic (exact) mass is 520 g/mol. The molecule has 196 valence electrons. The van der Waals surface area contributed by atoms with Crippen LogP contribution in [0.3, 0.4) is 0 Å². The summed E-state index contributed by atoms with van der Waals surface area (Å²) < 4.78 is 56.9. The summed E-state index contributed by atoms with van der Waals surface area (Å²) in [6.45, 7) is 3.64. The highest BCUT2D eigenvalue weighted by molar-refractivity contribution is 7.89. The van der Waals surface area contributed by atoms with Crippen LogP contribution in [0.2, 0.25) is 0 Å². The molecule has 4 rings (SSSR count). The van der Waals surface area contributed by atoms with Crippen molar-refractivity contribution in [3.8, 4) is 17.2 Å². The number of nitrogens with two attached hydrogens (primary N) is 1. The van der Waals surface area contributed by atoms with Crippen LogP contribution in [-0.2, 0) is 30.8 Å². The Hall–Kier alpha value is -2.86. The van der Waals surface area contributed by atoms with E-state index in [1.807, 2.05) is 0 Å². The second kappa shape index (κ2) is 11.0. The van der Waals surface area contributed by atoms with Crippen LogP contribution in [-0.4, -0.2) is 58.1 Å². The van der Waals surface area contributed by atoms with Gasteiger partial charge in [-0.3, -0.25) is 4.79 Å².